The first-order valence-corrected chi connectivity index (χ1v) is 8.19. The van der Waals surface area contributed by atoms with Crippen molar-refractivity contribution in [2.75, 3.05) is 13.1 Å². The molecule has 0 spiro atoms. The Balaban J connectivity index is 2.15. The SMILES string of the molecule is CCCNCC(Cc1ccc(Br)cc1F)c1ccccc1. The van der Waals surface area contributed by atoms with Crippen LogP contribution in [0, 0.1) is 5.82 Å². The second-order valence-corrected chi connectivity index (χ2v) is 6.17. The summed E-state index contributed by atoms with van der Waals surface area (Å²) in [5, 5.41) is 3.45. The molecule has 0 amide bonds. The normalized spacial score (nSPS) is 12.3. The van der Waals surface area contributed by atoms with Gasteiger partial charge in [-0.3, -0.25) is 0 Å². The van der Waals surface area contributed by atoms with Crippen LogP contribution in [-0.4, -0.2) is 13.1 Å². The Bertz CT molecular complexity index is 556. The zero-order chi connectivity index (χ0) is 15.1. The minimum atomic E-state index is -0.138. The number of hydrogen-bond acceptors (Lipinski definition) is 1. The molecule has 2 aromatic rings. The van der Waals surface area contributed by atoms with Crippen LogP contribution < -0.4 is 5.32 Å². The van der Waals surface area contributed by atoms with Crippen molar-refractivity contribution in [3.63, 3.8) is 0 Å². The van der Waals surface area contributed by atoms with Crippen LogP contribution >= 0.6 is 15.9 Å². The number of rotatable bonds is 7. The maximum Gasteiger partial charge on any atom is 0.127 e. The fourth-order valence-electron chi connectivity index (χ4n) is 2.44. The molecule has 0 aliphatic rings. The molecule has 0 aliphatic carbocycles. The highest BCUT2D eigenvalue weighted by atomic mass is 79.9. The number of hydrogen-bond donors (Lipinski definition) is 1. The van der Waals surface area contributed by atoms with Crippen LogP contribution in [0.5, 0.6) is 0 Å². The minimum absolute atomic E-state index is 0.138. The first kappa shape index (κ1) is 16.2. The van der Waals surface area contributed by atoms with Gasteiger partial charge in [0.25, 0.3) is 0 Å². The van der Waals surface area contributed by atoms with Gasteiger partial charge in [0.1, 0.15) is 5.82 Å². The minimum Gasteiger partial charge on any atom is -0.316 e. The maximum absolute atomic E-state index is 14.1. The van der Waals surface area contributed by atoms with Crippen molar-refractivity contribution < 1.29 is 4.39 Å². The Kier molecular flexibility index (Phi) is 6.40. The van der Waals surface area contributed by atoms with Gasteiger partial charge in [-0.25, -0.2) is 4.39 Å². The summed E-state index contributed by atoms with van der Waals surface area (Å²) in [4.78, 5) is 0. The quantitative estimate of drug-likeness (QED) is 0.700. The highest BCUT2D eigenvalue weighted by molar-refractivity contribution is 9.10. The highest BCUT2D eigenvalue weighted by Crippen LogP contribution is 2.23. The molecule has 0 bridgehead atoms. The third kappa shape index (κ3) is 4.94. The molecule has 0 saturated heterocycles. The van der Waals surface area contributed by atoms with E-state index in [1.807, 2.05) is 30.3 Å². The molecule has 0 aliphatic heterocycles. The summed E-state index contributed by atoms with van der Waals surface area (Å²) in [6.45, 7) is 4.01. The Hall–Kier alpha value is -1.19. The third-order valence-electron chi connectivity index (χ3n) is 3.57. The summed E-state index contributed by atoms with van der Waals surface area (Å²) < 4.78 is 14.8. The van der Waals surface area contributed by atoms with Crippen LogP contribution in [-0.2, 0) is 6.42 Å². The molecule has 0 fully saturated rings. The Morgan fingerprint density at radius 3 is 2.57 bits per heavy atom. The standard InChI is InChI=1S/C18H21BrFN/c1-2-10-21-13-16(14-6-4-3-5-7-14)11-15-8-9-17(19)12-18(15)20/h3-9,12,16,21H,2,10-11,13H2,1H3. The van der Waals surface area contributed by atoms with Gasteiger partial charge in [0.05, 0.1) is 0 Å². The lowest BCUT2D eigenvalue weighted by Gasteiger charge is -2.19. The van der Waals surface area contributed by atoms with Crippen LogP contribution in [0.2, 0.25) is 0 Å². The third-order valence-corrected chi connectivity index (χ3v) is 4.06. The van der Waals surface area contributed by atoms with Crippen molar-refractivity contribution in [2.45, 2.75) is 25.7 Å². The van der Waals surface area contributed by atoms with Crippen LogP contribution in [0.3, 0.4) is 0 Å². The molecule has 0 heterocycles. The molecule has 1 atom stereocenters. The van der Waals surface area contributed by atoms with Gasteiger partial charge in [-0.15, -0.1) is 0 Å². The summed E-state index contributed by atoms with van der Waals surface area (Å²) in [5.41, 5.74) is 2.02. The van der Waals surface area contributed by atoms with E-state index in [9.17, 15) is 4.39 Å². The predicted octanol–water partition coefficient (Wildman–Crippen LogP) is 4.91. The van der Waals surface area contributed by atoms with Crippen molar-refractivity contribution in [2.24, 2.45) is 0 Å². The Labute approximate surface area is 134 Å². The summed E-state index contributed by atoms with van der Waals surface area (Å²) >= 11 is 3.31. The molecule has 112 valence electrons. The van der Waals surface area contributed by atoms with Gasteiger partial charge in [-0.05, 0) is 42.6 Å². The highest BCUT2D eigenvalue weighted by Gasteiger charge is 2.14. The molecule has 1 N–H and O–H groups in total. The average Bonchev–Trinajstić information content (AvgIpc) is 2.49. The largest absolute Gasteiger partial charge is 0.316 e. The number of halogens is 2. The summed E-state index contributed by atoms with van der Waals surface area (Å²) in [6.07, 6.45) is 1.81. The van der Waals surface area contributed by atoms with Gasteiger partial charge in [0.15, 0.2) is 0 Å². The van der Waals surface area contributed by atoms with E-state index in [4.69, 9.17) is 0 Å². The summed E-state index contributed by atoms with van der Waals surface area (Å²) in [7, 11) is 0. The Morgan fingerprint density at radius 2 is 1.90 bits per heavy atom. The van der Waals surface area contributed by atoms with E-state index in [-0.39, 0.29) is 11.7 Å². The second-order valence-electron chi connectivity index (χ2n) is 5.25. The summed E-state index contributed by atoms with van der Waals surface area (Å²) in [6, 6.07) is 15.6. The zero-order valence-corrected chi connectivity index (χ0v) is 13.9. The molecule has 2 rings (SSSR count). The second kappa shape index (κ2) is 8.30. The molecule has 1 unspecified atom stereocenters. The van der Waals surface area contributed by atoms with Gasteiger partial charge in [0.2, 0.25) is 0 Å². The monoisotopic (exact) mass is 349 g/mol. The Morgan fingerprint density at radius 1 is 1.14 bits per heavy atom. The topological polar surface area (TPSA) is 12.0 Å². The fourth-order valence-corrected chi connectivity index (χ4v) is 2.77. The predicted molar refractivity (Wildman–Crippen MR) is 90.1 cm³/mol. The van der Waals surface area contributed by atoms with Gasteiger partial charge in [-0.2, -0.15) is 0 Å². The van der Waals surface area contributed by atoms with Crippen molar-refractivity contribution in [1.29, 1.82) is 0 Å². The fraction of sp³-hybridized carbons (Fsp3) is 0.333. The average molecular weight is 350 g/mol. The van der Waals surface area contributed by atoms with Crippen LogP contribution in [0.1, 0.15) is 30.4 Å². The molecular formula is C18H21BrFN. The van der Waals surface area contributed by atoms with Crippen molar-refractivity contribution >= 4 is 15.9 Å². The van der Waals surface area contributed by atoms with Crippen LogP contribution in [0.15, 0.2) is 53.0 Å². The molecular weight excluding hydrogens is 329 g/mol. The van der Waals surface area contributed by atoms with Gasteiger partial charge in [-0.1, -0.05) is 59.3 Å². The van der Waals surface area contributed by atoms with Crippen molar-refractivity contribution in [3.8, 4) is 0 Å². The van der Waals surface area contributed by atoms with E-state index in [0.717, 1.165) is 29.5 Å². The zero-order valence-electron chi connectivity index (χ0n) is 12.3. The molecule has 0 aromatic heterocycles. The summed E-state index contributed by atoms with van der Waals surface area (Å²) in [5.74, 6) is 0.147. The van der Waals surface area contributed by atoms with E-state index >= 15 is 0 Å². The first-order chi connectivity index (χ1) is 10.2. The molecule has 0 saturated carbocycles. The first-order valence-electron chi connectivity index (χ1n) is 7.40. The van der Waals surface area contributed by atoms with E-state index in [1.165, 1.54) is 11.6 Å². The molecule has 1 nitrogen and oxygen atoms in total. The van der Waals surface area contributed by atoms with E-state index in [1.54, 1.807) is 0 Å². The lowest BCUT2D eigenvalue weighted by Crippen LogP contribution is -2.24. The van der Waals surface area contributed by atoms with E-state index in [0.29, 0.717) is 6.42 Å². The smallest absolute Gasteiger partial charge is 0.127 e. The lowest BCUT2D eigenvalue weighted by molar-refractivity contribution is 0.552. The number of nitrogens with one attached hydrogen (secondary N) is 1. The van der Waals surface area contributed by atoms with Gasteiger partial charge < -0.3 is 5.32 Å². The van der Waals surface area contributed by atoms with Crippen molar-refractivity contribution in [1.82, 2.24) is 5.32 Å². The molecule has 0 radical (unpaired) electrons. The van der Waals surface area contributed by atoms with E-state index < -0.39 is 0 Å². The number of benzene rings is 2. The molecule has 3 heteroatoms. The van der Waals surface area contributed by atoms with Crippen molar-refractivity contribution in [3.05, 3.63) is 69.9 Å². The van der Waals surface area contributed by atoms with Gasteiger partial charge >= 0.3 is 0 Å². The van der Waals surface area contributed by atoms with Crippen LogP contribution in [0.25, 0.3) is 0 Å². The molecule has 2 aromatic carbocycles. The lowest BCUT2D eigenvalue weighted by atomic mass is 9.91. The van der Waals surface area contributed by atoms with E-state index in [2.05, 4.69) is 40.3 Å². The van der Waals surface area contributed by atoms with Gasteiger partial charge in [0, 0.05) is 16.9 Å². The van der Waals surface area contributed by atoms with Crippen LogP contribution in [0.4, 0.5) is 4.39 Å². The molecule has 21 heavy (non-hydrogen) atoms. The maximum atomic E-state index is 14.1.